The molecule has 10 nitrogen and oxygen atoms in total. The van der Waals surface area contributed by atoms with Crippen molar-refractivity contribution in [2.45, 2.75) is 32.2 Å². The number of carbonyl (C=O) groups is 1. The van der Waals surface area contributed by atoms with Gasteiger partial charge in [0.2, 0.25) is 5.88 Å². The van der Waals surface area contributed by atoms with E-state index in [9.17, 15) is 9.18 Å². The Balaban J connectivity index is 1.00. The number of benzene rings is 1. The van der Waals surface area contributed by atoms with Crippen LogP contribution in [0.5, 0.6) is 5.88 Å². The minimum atomic E-state index is -0.688. The number of nitrogens with zero attached hydrogens (tertiary/aromatic N) is 5. The van der Waals surface area contributed by atoms with Crippen molar-refractivity contribution in [3.8, 4) is 5.88 Å². The number of furan rings is 1. The molecule has 1 aromatic carbocycles. The monoisotopic (exact) mass is 625 g/mol. The molecule has 0 bridgehead atoms. The second kappa shape index (κ2) is 11.8. The van der Waals surface area contributed by atoms with E-state index in [1.165, 1.54) is 24.5 Å². The van der Waals surface area contributed by atoms with Crippen LogP contribution >= 0.6 is 22.9 Å². The smallest absolute Gasteiger partial charge is 0.348 e. The maximum atomic E-state index is 13.7. The third-order valence-electron chi connectivity index (χ3n) is 7.92. The molecule has 0 unspecified atom stereocenters. The van der Waals surface area contributed by atoms with Gasteiger partial charge in [-0.2, -0.15) is 9.37 Å². The number of hydrogen-bond donors (Lipinski definition) is 0. The van der Waals surface area contributed by atoms with Crippen LogP contribution in [-0.4, -0.2) is 71.4 Å². The fourth-order valence-electron chi connectivity index (χ4n) is 5.50. The summed E-state index contributed by atoms with van der Waals surface area (Å²) in [5.74, 6) is 1.94. The van der Waals surface area contributed by atoms with Gasteiger partial charge in [0.1, 0.15) is 33.5 Å². The highest BCUT2D eigenvalue weighted by atomic mass is 35.5. The van der Waals surface area contributed by atoms with E-state index < -0.39 is 6.01 Å². The summed E-state index contributed by atoms with van der Waals surface area (Å²) in [6, 6.07) is 11.6. The fourth-order valence-corrected chi connectivity index (χ4v) is 6.67. The molecule has 2 fully saturated rings. The molecule has 2 aliphatic heterocycles. The van der Waals surface area contributed by atoms with Crippen molar-refractivity contribution in [2.75, 3.05) is 44.8 Å². The number of ether oxygens (including phenoxy) is 3. The number of halogens is 2. The van der Waals surface area contributed by atoms with Gasteiger partial charge in [0, 0.05) is 55.9 Å². The molecule has 6 heterocycles. The first-order valence-electron chi connectivity index (χ1n) is 14.1. The van der Waals surface area contributed by atoms with Gasteiger partial charge in [-0.3, -0.25) is 4.90 Å². The number of esters is 1. The number of fused-ring (bicyclic) bond motifs is 2. The summed E-state index contributed by atoms with van der Waals surface area (Å²) in [5.41, 5.74) is 2.02. The standard InChI is InChI=1S/C30H29ClFN5O5S/c1-39-30(38)23-14-22-29(43-23)34-26(37(22)15-19-7-12-40-19)16-35-8-10-36(11-9-35)25-3-2-4-27(33-25)41-17-18-5-6-21(31)20-13-24(32)42-28(18)20/h2-6,13-14,19H,7-12,15-17H2,1H3/t19-/m0/s1. The van der Waals surface area contributed by atoms with Crippen molar-refractivity contribution in [1.29, 1.82) is 0 Å². The van der Waals surface area contributed by atoms with Gasteiger partial charge in [-0.25, -0.2) is 9.78 Å². The van der Waals surface area contributed by atoms with E-state index in [1.54, 1.807) is 18.2 Å². The maximum absolute atomic E-state index is 13.7. The van der Waals surface area contributed by atoms with E-state index in [-0.39, 0.29) is 18.7 Å². The molecule has 0 aliphatic carbocycles. The van der Waals surface area contributed by atoms with Crippen LogP contribution in [0.15, 0.2) is 46.9 Å². The van der Waals surface area contributed by atoms with Gasteiger partial charge in [-0.15, -0.1) is 11.3 Å². The molecular weight excluding hydrogens is 597 g/mol. The Hall–Kier alpha value is -3.71. The van der Waals surface area contributed by atoms with Crippen LogP contribution in [0.25, 0.3) is 21.3 Å². The highest BCUT2D eigenvalue weighted by Gasteiger charge is 2.26. The van der Waals surface area contributed by atoms with Gasteiger partial charge in [0.25, 0.3) is 6.01 Å². The number of thiophene rings is 1. The van der Waals surface area contributed by atoms with Gasteiger partial charge in [0.05, 0.1) is 36.8 Å². The second-order valence-corrected chi connectivity index (χ2v) is 12.0. The molecule has 13 heteroatoms. The molecule has 0 saturated carbocycles. The van der Waals surface area contributed by atoms with Crippen molar-refractivity contribution in [3.63, 3.8) is 0 Å². The summed E-state index contributed by atoms with van der Waals surface area (Å²) in [6.45, 7) is 5.65. The SMILES string of the molecule is COC(=O)c1cc2c(nc(CN3CCN(c4cccc(OCc5ccc(Cl)c6cc(F)oc56)n4)CC3)n2C[C@@H]2CCO2)s1. The average molecular weight is 626 g/mol. The molecule has 224 valence electrons. The molecule has 0 N–H and O–H groups in total. The topological polar surface area (TPSA) is 95.1 Å². The van der Waals surface area contributed by atoms with Crippen LogP contribution in [-0.2, 0) is 29.2 Å². The first kappa shape index (κ1) is 28.1. The van der Waals surface area contributed by atoms with Crippen LogP contribution < -0.4 is 9.64 Å². The molecule has 2 aliphatic rings. The molecule has 7 rings (SSSR count). The molecule has 0 spiro atoms. The zero-order valence-electron chi connectivity index (χ0n) is 23.4. The van der Waals surface area contributed by atoms with Gasteiger partial charge < -0.3 is 28.1 Å². The van der Waals surface area contributed by atoms with E-state index >= 15 is 0 Å². The van der Waals surface area contributed by atoms with Crippen LogP contribution in [0.1, 0.15) is 27.5 Å². The van der Waals surface area contributed by atoms with Crippen molar-refractivity contribution < 1.29 is 27.8 Å². The van der Waals surface area contributed by atoms with Crippen LogP contribution in [0.2, 0.25) is 5.02 Å². The first-order valence-corrected chi connectivity index (χ1v) is 15.3. The predicted molar refractivity (Wildman–Crippen MR) is 161 cm³/mol. The minimum Gasteiger partial charge on any atom is -0.473 e. The Kier molecular flexibility index (Phi) is 7.68. The van der Waals surface area contributed by atoms with Gasteiger partial charge in [-0.05, 0) is 24.6 Å². The number of imidazole rings is 1. The van der Waals surface area contributed by atoms with E-state index in [0.29, 0.717) is 38.9 Å². The fraction of sp³-hybridized carbons (Fsp3) is 0.367. The lowest BCUT2D eigenvalue weighted by Gasteiger charge is -2.35. The number of carbonyl (C=O) groups excluding carboxylic acids is 1. The highest BCUT2D eigenvalue weighted by Crippen LogP contribution is 2.31. The number of piperazine rings is 1. The lowest BCUT2D eigenvalue weighted by molar-refractivity contribution is -0.0592. The molecule has 5 aromatic rings. The van der Waals surface area contributed by atoms with Crippen molar-refractivity contribution in [1.82, 2.24) is 19.4 Å². The van der Waals surface area contributed by atoms with Crippen LogP contribution in [0.4, 0.5) is 10.2 Å². The summed E-state index contributed by atoms with van der Waals surface area (Å²) >= 11 is 7.54. The number of methoxy groups -OCH3 is 1. The highest BCUT2D eigenvalue weighted by molar-refractivity contribution is 7.20. The summed E-state index contributed by atoms with van der Waals surface area (Å²) in [5, 5.41) is 0.944. The van der Waals surface area contributed by atoms with Gasteiger partial charge in [0.15, 0.2) is 0 Å². The summed E-state index contributed by atoms with van der Waals surface area (Å²) < 4.78 is 37.7. The summed E-state index contributed by atoms with van der Waals surface area (Å²) in [7, 11) is 1.39. The van der Waals surface area contributed by atoms with E-state index in [2.05, 4.69) is 14.4 Å². The van der Waals surface area contributed by atoms with Gasteiger partial charge >= 0.3 is 5.97 Å². The Labute approximate surface area is 255 Å². The molecule has 0 amide bonds. The predicted octanol–water partition coefficient (Wildman–Crippen LogP) is 5.51. The normalized spacial score (nSPS) is 17.5. The number of aromatic nitrogens is 3. The third-order valence-corrected chi connectivity index (χ3v) is 9.25. The van der Waals surface area contributed by atoms with Crippen molar-refractivity contribution >= 4 is 56.0 Å². The number of pyridine rings is 1. The molecule has 2 saturated heterocycles. The summed E-state index contributed by atoms with van der Waals surface area (Å²) in [6.07, 6.45) is 1.19. The van der Waals surface area contributed by atoms with E-state index in [4.69, 9.17) is 40.2 Å². The van der Waals surface area contributed by atoms with Crippen LogP contribution in [0, 0.1) is 6.01 Å². The lowest BCUT2D eigenvalue weighted by Crippen LogP contribution is -2.46. The number of rotatable bonds is 9. The Bertz CT molecular complexity index is 1790. The van der Waals surface area contributed by atoms with Crippen molar-refractivity contribution in [3.05, 3.63) is 69.8 Å². The number of hydrogen-bond acceptors (Lipinski definition) is 10. The quantitative estimate of drug-likeness (QED) is 0.197. The first-order chi connectivity index (χ1) is 20.9. The maximum Gasteiger partial charge on any atom is 0.348 e. The Morgan fingerprint density at radius 3 is 2.77 bits per heavy atom. The van der Waals surface area contributed by atoms with E-state index in [0.717, 1.165) is 67.7 Å². The molecule has 4 aromatic heterocycles. The van der Waals surface area contributed by atoms with Crippen LogP contribution in [0.3, 0.4) is 0 Å². The molecular formula is C30H29ClFN5O5S. The molecule has 43 heavy (non-hydrogen) atoms. The Morgan fingerprint density at radius 2 is 2.00 bits per heavy atom. The van der Waals surface area contributed by atoms with Crippen molar-refractivity contribution in [2.24, 2.45) is 0 Å². The second-order valence-electron chi connectivity index (χ2n) is 10.6. The van der Waals surface area contributed by atoms with Gasteiger partial charge in [-0.1, -0.05) is 23.7 Å². The largest absolute Gasteiger partial charge is 0.473 e. The zero-order valence-corrected chi connectivity index (χ0v) is 25.0. The van der Waals surface area contributed by atoms with E-state index in [1.807, 2.05) is 18.2 Å². The number of anilines is 1. The Morgan fingerprint density at radius 1 is 1.16 bits per heavy atom. The zero-order chi connectivity index (χ0) is 29.5. The molecule has 0 radical (unpaired) electrons. The summed E-state index contributed by atoms with van der Waals surface area (Å²) in [4.78, 5) is 27.7. The molecule has 1 atom stereocenters. The average Bonchev–Trinajstić information content (AvgIpc) is 3.68. The minimum absolute atomic E-state index is 0.168. The lowest BCUT2D eigenvalue weighted by atomic mass is 10.1. The third kappa shape index (κ3) is 5.67.